The molecule has 0 aliphatic rings. The first-order valence-electron chi connectivity index (χ1n) is 5.72. The van der Waals surface area contributed by atoms with Crippen molar-refractivity contribution in [2.24, 2.45) is 0 Å². The zero-order chi connectivity index (χ0) is 12.1. The highest BCUT2D eigenvalue weighted by Crippen LogP contribution is 2.28. The molecule has 0 heterocycles. The summed E-state index contributed by atoms with van der Waals surface area (Å²) in [4.78, 5) is 2.27. The molecule has 0 aliphatic carbocycles. The van der Waals surface area contributed by atoms with Gasteiger partial charge in [0.15, 0.2) is 0 Å². The van der Waals surface area contributed by atoms with E-state index in [1.165, 1.54) is 12.8 Å². The topological polar surface area (TPSA) is 23.5 Å². The lowest BCUT2D eigenvalue weighted by atomic mass is 10.1. The van der Waals surface area contributed by atoms with E-state index in [1.807, 2.05) is 18.2 Å². The van der Waals surface area contributed by atoms with Crippen LogP contribution >= 0.6 is 15.9 Å². The minimum Gasteiger partial charge on any atom is -0.506 e. The fourth-order valence-electron chi connectivity index (χ4n) is 1.75. The number of hydrogen-bond acceptors (Lipinski definition) is 2. The van der Waals surface area contributed by atoms with Crippen LogP contribution in [0.15, 0.2) is 22.7 Å². The summed E-state index contributed by atoms with van der Waals surface area (Å²) >= 11 is 3.34. The summed E-state index contributed by atoms with van der Waals surface area (Å²) in [5.41, 5.74) is 0.972. The van der Waals surface area contributed by atoms with Gasteiger partial charge in [-0.2, -0.15) is 0 Å². The Labute approximate surface area is 106 Å². The van der Waals surface area contributed by atoms with Crippen LogP contribution in [0.25, 0.3) is 0 Å². The average molecular weight is 286 g/mol. The van der Waals surface area contributed by atoms with Crippen LogP contribution in [0.3, 0.4) is 0 Å². The highest BCUT2D eigenvalue weighted by atomic mass is 79.9. The molecule has 1 N–H and O–H groups in total. The number of rotatable bonds is 5. The zero-order valence-electron chi connectivity index (χ0n) is 10.2. The molecule has 0 aromatic heterocycles. The lowest BCUT2D eigenvalue weighted by Gasteiger charge is -2.24. The summed E-state index contributed by atoms with van der Waals surface area (Å²) in [5, 5.41) is 9.88. The van der Waals surface area contributed by atoms with Crippen molar-refractivity contribution >= 4 is 15.9 Å². The van der Waals surface area contributed by atoms with Gasteiger partial charge in [-0.25, -0.2) is 0 Å². The Morgan fingerprint density at radius 2 is 2.12 bits per heavy atom. The van der Waals surface area contributed by atoms with E-state index in [9.17, 15) is 5.11 Å². The second-order valence-corrected chi connectivity index (χ2v) is 5.15. The number of phenols is 1. The number of aromatic hydroxyl groups is 1. The van der Waals surface area contributed by atoms with Crippen LogP contribution in [0.2, 0.25) is 0 Å². The Kier molecular flexibility index (Phi) is 5.29. The van der Waals surface area contributed by atoms with E-state index in [2.05, 4.69) is 41.7 Å². The van der Waals surface area contributed by atoms with Gasteiger partial charge in [-0.3, -0.25) is 4.90 Å². The van der Waals surface area contributed by atoms with Crippen molar-refractivity contribution < 1.29 is 5.11 Å². The molecule has 0 aliphatic heterocycles. The van der Waals surface area contributed by atoms with E-state index in [-0.39, 0.29) is 0 Å². The van der Waals surface area contributed by atoms with Gasteiger partial charge < -0.3 is 5.11 Å². The SMILES string of the molecule is CCCC(C)N(C)Cc1cccc(Br)c1O. The lowest BCUT2D eigenvalue weighted by molar-refractivity contribution is 0.234. The predicted octanol–water partition coefficient (Wildman–Crippen LogP) is 3.78. The Balaban J connectivity index is 2.69. The maximum atomic E-state index is 9.88. The summed E-state index contributed by atoms with van der Waals surface area (Å²) in [6, 6.07) is 6.32. The van der Waals surface area contributed by atoms with Gasteiger partial charge in [-0.15, -0.1) is 0 Å². The Morgan fingerprint density at radius 1 is 1.44 bits per heavy atom. The third kappa shape index (κ3) is 3.49. The van der Waals surface area contributed by atoms with Crippen LogP contribution in [0, 0.1) is 0 Å². The normalized spacial score (nSPS) is 13.1. The molecule has 1 aromatic carbocycles. The highest BCUT2D eigenvalue weighted by molar-refractivity contribution is 9.10. The standard InChI is InChI=1S/C13H20BrNO/c1-4-6-10(2)15(3)9-11-7-5-8-12(14)13(11)16/h5,7-8,10,16H,4,6,9H2,1-3H3. The third-order valence-electron chi connectivity index (χ3n) is 2.95. The monoisotopic (exact) mass is 285 g/mol. The highest BCUT2D eigenvalue weighted by Gasteiger charge is 2.11. The van der Waals surface area contributed by atoms with E-state index in [4.69, 9.17) is 0 Å². The van der Waals surface area contributed by atoms with E-state index in [0.29, 0.717) is 11.8 Å². The molecule has 0 fully saturated rings. The van der Waals surface area contributed by atoms with Gasteiger partial charge >= 0.3 is 0 Å². The van der Waals surface area contributed by atoms with Crippen LogP contribution in [0.1, 0.15) is 32.3 Å². The van der Waals surface area contributed by atoms with Crippen molar-refractivity contribution in [3.63, 3.8) is 0 Å². The largest absolute Gasteiger partial charge is 0.506 e. The van der Waals surface area contributed by atoms with Crippen LogP contribution in [0.5, 0.6) is 5.75 Å². The van der Waals surface area contributed by atoms with Crippen LogP contribution in [-0.2, 0) is 6.54 Å². The fourth-order valence-corrected chi connectivity index (χ4v) is 2.16. The number of phenolic OH excluding ortho intramolecular Hbond substituents is 1. The maximum absolute atomic E-state index is 9.88. The van der Waals surface area contributed by atoms with Gasteiger partial charge in [-0.1, -0.05) is 25.5 Å². The molecule has 0 saturated heterocycles. The van der Waals surface area contributed by atoms with E-state index >= 15 is 0 Å². The molecule has 1 aromatic rings. The summed E-state index contributed by atoms with van der Waals surface area (Å²) < 4.78 is 0.765. The van der Waals surface area contributed by atoms with Crippen molar-refractivity contribution in [1.82, 2.24) is 4.90 Å². The summed E-state index contributed by atoms with van der Waals surface area (Å²) in [6.45, 7) is 5.20. The Morgan fingerprint density at radius 3 is 2.75 bits per heavy atom. The number of para-hydroxylation sites is 1. The molecule has 16 heavy (non-hydrogen) atoms. The van der Waals surface area contributed by atoms with Gasteiger partial charge in [0.25, 0.3) is 0 Å². The number of hydrogen-bond donors (Lipinski definition) is 1. The second-order valence-electron chi connectivity index (χ2n) is 4.30. The molecule has 2 nitrogen and oxygen atoms in total. The summed E-state index contributed by atoms with van der Waals surface area (Å²) in [6.07, 6.45) is 2.38. The van der Waals surface area contributed by atoms with Crippen LogP contribution in [0.4, 0.5) is 0 Å². The molecule has 0 amide bonds. The number of nitrogens with zero attached hydrogens (tertiary/aromatic N) is 1. The molecule has 0 bridgehead atoms. The Bertz CT molecular complexity index is 341. The first-order valence-corrected chi connectivity index (χ1v) is 6.52. The number of benzene rings is 1. The zero-order valence-corrected chi connectivity index (χ0v) is 11.8. The van der Waals surface area contributed by atoms with Gasteiger partial charge in [0, 0.05) is 18.2 Å². The summed E-state index contributed by atoms with van der Waals surface area (Å²) in [7, 11) is 2.10. The van der Waals surface area contributed by atoms with E-state index < -0.39 is 0 Å². The van der Waals surface area contributed by atoms with E-state index in [0.717, 1.165) is 16.6 Å². The van der Waals surface area contributed by atoms with Crippen LogP contribution < -0.4 is 0 Å². The minimum atomic E-state index is 0.359. The van der Waals surface area contributed by atoms with Crippen molar-refractivity contribution in [3.8, 4) is 5.75 Å². The molecular weight excluding hydrogens is 266 g/mol. The Hall–Kier alpha value is -0.540. The molecule has 90 valence electrons. The summed E-state index contributed by atoms with van der Waals surface area (Å²) in [5.74, 6) is 0.359. The molecule has 1 unspecified atom stereocenters. The van der Waals surface area contributed by atoms with Crippen molar-refractivity contribution in [3.05, 3.63) is 28.2 Å². The molecule has 3 heteroatoms. The van der Waals surface area contributed by atoms with Crippen molar-refractivity contribution in [1.29, 1.82) is 0 Å². The first kappa shape index (κ1) is 13.5. The molecular formula is C13H20BrNO. The van der Waals surface area contributed by atoms with Gasteiger partial charge in [0.05, 0.1) is 4.47 Å². The molecule has 0 radical (unpaired) electrons. The van der Waals surface area contributed by atoms with Gasteiger partial charge in [0.2, 0.25) is 0 Å². The predicted molar refractivity (Wildman–Crippen MR) is 71.6 cm³/mol. The quantitative estimate of drug-likeness (QED) is 0.890. The first-order chi connectivity index (χ1) is 7.56. The maximum Gasteiger partial charge on any atom is 0.134 e. The van der Waals surface area contributed by atoms with E-state index in [1.54, 1.807) is 0 Å². The molecule has 1 rings (SSSR count). The van der Waals surface area contributed by atoms with Gasteiger partial charge in [-0.05, 0) is 42.4 Å². The minimum absolute atomic E-state index is 0.359. The molecule has 0 saturated carbocycles. The van der Waals surface area contributed by atoms with Crippen molar-refractivity contribution in [2.45, 2.75) is 39.3 Å². The third-order valence-corrected chi connectivity index (χ3v) is 3.59. The van der Waals surface area contributed by atoms with Crippen LogP contribution in [-0.4, -0.2) is 23.1 Å². The van der Waals surface area contributed by atoms with Gasteiger partial charge in [0.1, 0.15) is 5.75 Å². The number of halogens is 1. The smallest absolute Gasteiger partial charge is 0.134 e. The fraction of sp³-hybridized carbons (Fsp3) is 0.538. The molecule has 0 spiro atoms. The second kappa shape index (κ2) is 6.26. The molecule has 1 atom stereocenters. The average Bonchev–Trinajstić information content (AvgIpc) is 2.25. The van der Waals surface area contributed by atoms with Crippen molar-refractivity contribution in [2.75, 3.05) is 7.05 Å². The lowest BCUT2D eigenvalue weighted by Crippen LogP contribution is -2.28.